The van der Waals surface area contributed by atoms with E-state index in [2.05, 4.69) is 14.8 Å². The van der Waals surface area contributed by atoms with Crippen LogP contribution in [0.1, 0.15) is 40.0 Å². The van der Waals surface area contributed by atoms with Crippen molar-refractivity contribution in [1.29, 1.82) is 0 Å². The molecule has 1 saturated carbocycles. The second-order valence-electron chi connectivity index (χ2n) is 5.33. The van der Waals surface area contributed by atoms with Gasteiger partial charge in [-0.25, -0.2) is 4.72 Å². The van der Waals surface area contributed by atoms with Crippen molar-refractivity contribution >= 4 is 10.2 Å². The van der Waals surface area contributed by atoms with Gasteiger partial charge in [-0.05, 0) is 46.6 Å². The van der Waals surface area contributed by atoms with E-state index in [-0.39, 0.29) is 0 Å². The second-order valence-corrected chi connectivity index (χ2v) is 6.83. The molecule has 0 aromatic carbocycles. The number of hydrogen-bond acceptors (Lipinski definition) is 3. The monoisotopic (exact) mass is 249 g/mol. The van der Waals surface area contributed by atoms with E-state index in [0.29, 0.717) is 12.6 Å². The number of rotatable bonds is 7. The Hall–Kier alpha value is -0.170. The van der Waals surface area contributed by atoms with Gasteiger partial charge in [-0.15, -0.1) is 0 Å². The first kappa shape index (κ1) is 13.9. The van der Waals surface area contributed by atoms with E-state index in [0.717, 1.165) is 13.0 Å². The van der Waals surface area contributed by atoms with Gasteiger partial charge in [-0.2, -0.15) is 13.1 Å². The highest BCUT2D eigenvalue weighted by molar-refractivity contribution is 7.87. The quantitative estimate of drug-likeness (QED) is 0.570. The zero-order valence-electron chi connectivity index (χ0n) is 10.3. The fourth-order valence-corrected chi connectivity index (χ4v) is 2.62. The molecule has 3 N–H and O–H groups in total. The lowest BCUT2D eigenvalue weighted by Crippen LogP contribution is -2.47. The molecule has 0 atom stereocenters. The van der Waals surface area contributed by atoms with Crippen molar-refractivity contribution in [3.8, 4) is 0 Å². The van der Waals surface area contributed by atoms with Crippen molar-refractivity contribution < 1.29 is 8.42 Å². The Balaban J connectivity index is 2.09. The van der Waals surface area contributed by atoms with Crippen molar-refractivity contribution in [2.45, 2.75) is 51.6 Å². The average Bonchev–Trinajstić information content (AvgIpc) is 2.82. The molecule has 0 aliphatic heterocycles. The van der Waals surface area contributed by atoms with Gasteiger partial charge in [0.25, 0.3) is 10.2 Å². The first-order chi connectivity index (χ1) is 7.29. The summed E-state index contributed by atoms with van der Waals surface area (Å²) >= 11 is 0. The Morgan fingerprint density at radius 3 is 2.31 bits per heavy atom. The van der Waals surface area contributed by atoms with Gasteiger partial charge in [-0.1, -0.05) is 0 Å². The summed E-state index contributed by atoms with van der Waals surface area (Å²) < 4.78 is 28.1. The van der Waals surface area contributed by atoms with Gasteiger partial charge >= 0.3 is 0 Å². The van der Waals surface area contributed by atoms with Gasteiger partial charge in [0.1, 0.15) is 0 Å². The van der Waals surface area contributed by atoms with E-state index in [9.17, 15) is 8.42 Å². The van der Waals surface area contributed by atoms with Crippen molar-refractivity contribution in [3.63, 3.8) is 0 Å². The zero-order valence-corrected chi connectivity index (χ0v) is 11.2. The van der Waals surface area contributed by atoms with Crippen molar-refractivity contribution in [1.82, 2.24) is 14.8 Å². The van der Waals surface area contributed by atoms with Crippen LogP contribution in [-0.2, 0) is 10.2 Å². The second kappa shape index (κ2) is 5.44. The molecule has 1 aliphatic rings. The average molecular weight is 249 g/mol. The van der Waals surface area contributed by atoms with Crippen LogP contribution in [0.4, 0.5) is 0 Å². The molecule has 1 rings (SSSR count). The third-order valence-electron chi connectivity index (χ3n) is 2.10. The van der Waals surface area contributed by atoms with E-state index < -0.39 is 15.7 Å². The summed E-state index contributed by atoms with van der Waals surface area (Å²) in [6, 6.07) is 0.685. The molecule has 5 nitrogen and oxygen atoms in total. The van der Waals surface area contributed by atoms with Crippen LogP contribution < -0.4 is 14.8 Å². The van der Waals surface area contributed by atoms with Crippen LogP contribution >= 0.6 is 0 Å². The fourth-order valence-electron chi connectivity index (χ4n) is 1.33. The van der Waals surface area contributed by atoms with Gasteiger partial charge < -0.3 is 5.32 Å². The predicted molar refractivity (Wildman–Crippen MR) is 65.5 cm³/mol. The molecule has 0 aromatic heterocycles. The molecule has 96 valence electrons. The summed E-state index contributed by atoms with van der Waals surface area (Å²) in [6.45, 7) is 6.82. The Bertz CT molecular complexity index is 305. The summed E-state index contributed by atoms with van der Waals surface area (Å²) in [5.41, 5.74) is -0.432. The molecule has 6 heteroatoms. The summed E-state index contributed by atoms with van der Waals surface area (Å²) in [6.07, 6.45) is 3.34. The lowest BCUT2D eigenvalue weighted by molar-refractivity contribution is 0.482. The fraction of sp³-hybridized carbons (Fsp3) is 1.00. The van der Waals surface area contributed by atoms with Crippen molar-refractivity contribution in [2.75, 3.05) is 13.1 Å². The molecule has 0 aromatic rings. The smallest absolute Gasteiger partial charge is 0.277 e. The normalized spacial score (nSPS) is 17.7. The molecule has 0 amide bonds. The predicted octanol–water partition coefficient (Wildman–Crippen LogP) is 0.351. The molecule has 16 heavy (non-hydrogen) atoms. The third-order valence-corrected chi connectivity index (χ3v) is 3.56. The van der Waals surface area contributed by atoms with Crippen LogP contribution in [0, 0.1) is 0 Å². The van der Waals surface area contributed by atoms with Gasteiger partial charge in [0.05, 0.1) is 0 Å². The Kier molecular flexibility index (Phi) is 4.73. The summed E-state index contributed by atoms with van der Waals surface area (Å²) in [5.74, 6) is 0. The standard InChI is InChI=1S/C10H23N3O2S/c1-10(2,3)13-16(14,15)12-8-4-7-11-9-5-6-9/h9,11-13H,4-8H2,1-3H3. The van der Waals surface area contributed by atoms with E-state index >= 15 is 0 Å². The third kappa shape index (κ3) is 7.16. The lowest BCUT2D eigenvalue weighted by atomic mass is 10.1. The summed E-state index contributed by atoms with van der Waals surface area (Å²) in [4.78, 5) is 0. The molecule has 0 spiro atoms. The molecular formula is C10H23N3O2S. The molecule has 0 saturated heterocycles. The van der Waals surface area contributed by atoms with Crippen LogP contribution in [0.25, 0.3) is 0 Å². The lowest BCUT2D eigenvalue weighted by Gasteiger charge is -2.20. The van der Waals surface area contributed by atoms with Crippen LogP contribution in [0.15, 0.2) is 0 Å². The molecule has 0 heterocycles. The van der Waals surface area contributed by atoms with Crippen LogP contribution in [0.5, 0.6) is 0 Å². The maximum atomic E-state index is 11.5. The minimum absolute atomic E-state index is 0.432. The van der Waals surface area contributed by atoms with Gasteiger partial charge in [0.15, 0.2) is 0 Å². The Morgan fingerprint density at radius 2 is 1.81 bits per heavy atom. The first-order valence-electron chi connectivity index (χ1n) is 5.80. The van der Waals surface area contributed by atoms with Crippen LogP contribution in [0.2, 0.25) is 0 Å². The van der Waals surface area contributed by atoms with E-state index in [4.69, 9.17) is 0 Å². The SMILES string of the molecule is CC(C)(C)NS(=O)(=O)NCCCNC1CC1. The van der Waals surface area contributed by atoms with Crippen LogP contribution in [0.3, 0.4) is 0 Å². The van der Waals surface area contributed by atoms with Gasteiger partial charge in [0, 0.05) is 18.1 Å². The minimum Gasteiger partial charge on any atom is -0.314 e. The summed E-state index contributed by atoms with van der Waals surface area (Å²) in [7, 11) is -3.35. The Morgan fingerprint density at radius 1 is 1.19 bits per heavy atom. The highest BCUT2D eigenvalue weighted by Crippen LogP contribution is 2.18. The molecule has 0 radical (unpaired) electrons. The number of nitrogens with one attached hydrogen (secondary N) is 3. The largest absolute Gasteiger partial charge is 0.314 e. The van der Waals surface area contributed by atoms with E-state index in [1.807, 2.05) is 20.8 Å². The minimum atomic E-state index is -3.35. The topological polar surface area (TPSA) is 70.2 Å². The highest BCUT2D eigenvalue weighted by Gasteiger charge is 2.20. The van der Waals surface area contributed by atoms with Crippen LogP contribution in [-0.4, -0.2) is 33.1 Å². The molecule has 1 aliphatic carbocycles. The number of hydrogen-bond donors (Lipinski definition) is 3. The highest BCUT2D eigenvalue weighted by atomic mass is 32.2. The molecule has 0 bridgehead atoms. The van der Waals surface area contributed by atoms with Crippen molar-refractivity contribution in [2.24, 2.45) is 0 Å². The van der Waals surface area contributed by atoms with E-state index in [1.54, 1.807) is 0 Å². The zero-order chi connectivity index (χ0) is 12.2. The first-order valence-corrected chi connectivity index (χ1v) is 7.29. The maximum absolute atomic E-state index is 11.5. The van der Waals surface area contributed by atoms with Gasteiger partial charge in [-0.3, -0.25) is 0 Å². The van der Waals surface area contributed by atoms with Gasteiger partial charge in [0.2, 0.25) is 0 Å². The molecular weight excluding hydrogens is 226 g/mol. The Labute approximate surface area is 98.6 Å². The van der Waals surface area contributed by atoms with Crippen molar-refractivity contribution in [3.05, 3.63) is 0 Å². The van der Waals surface area contributed by atoms with E-state index in [1.165, 1.54) is 12.8 Å². The molecule has 0 unspecified atom stereocenters. The molecule has 1 fully saturated rings. The maximum Gasteiger partial charge on any atom is 0.277 e. The summed E-state index contributed by atoms with van der Waals surface area (Å²) in [5, 5.41) is 3.34.